The maximum absolute atomic E-state index is 12.2. The Morgan fingerprint density at radius 1 is 1.14 bits per heavy atom. The Balaban J connectivity index is 5.14. The first kappa shape index (κ1) is 26.5. The first-order valence-electron chi connectivity index (χ1n) is 9.99. The Morgan fingerprint density at radius 3 is 2.14 bits per heavy atom. The fourth-order valence-corrected chi connectivity index (χ4v) is 3.24. The molecule has 1 unspecified atom stereocenters. The Labute approximate surface area is 171 Å². The Hall–Kier alpha value is -1.51. The van der Waals surface area contributed by atoms with Gasteiger partial charge in [0, 0.05) is 18.8 Å². The average Bonchev–Trinajstić information content (AvgIpc) is 2.54. The van der Waals surface area contributed by atoms with Crippen molar-refractivity contribution in [1.29, 1.82) is 0 Å². The van der Waals surface area contributed by atoms with Crippen LogP contribution in [-0.4, -0.2) is 62.8 Å². The largest absolute Gasteiger partial charge is 0.444 e. The van der Waals surface area contributed by atoms with E-state index in [9.17, 15) is 13.2 Å². The molecule has 9 heteroatoms. The van der Waals surface area contributed by atoms with Gasteiger partial charge in [0.2, 0.25) is 0 Å². The number of carbonyl (C=O) groups is 1. The highest BCUT2D eigenvalue weighted by Crippen LogP contribution is 2.17. The summed E-state index contributed by atoms with van der Waals surface area (Å²) in [7, 11) is -3.00. The van der Waals surface area contributed by atoms with Crippen molar-refractivity contribution < 1.29 is 17.9 Å². The van der Waals surface area contributed by atoms with Gasteiger partial charge in [0.1, 0.15) is 15.4 Å². The van der Waals surface area contributed by atoms with Crippen LogP contribution in [0, 0.1) is 0 Å². The number of ether oxygens (including phenoxy) is 1. The van der Waals surface area contributed by atoms with Crippen LogP contribution in [0.1, 0.15) is 67.7 Å². The average molecular weight is 421 g/mol. The van der Waals surface area contributed by atoms with Crippen LogP contribution in [0.3, 0.4) is 0 Å². The lowest BCUT2D eigenvalue weighted by Gasteiger charge is -2.33. The van der Waals surface area contributed by atoms with Crippen LogP contribution in [0.4, 0.5) is 4.79 Å². The molecule has 8 nitrogen and oxygen atoms in total. The molecule has 0 saturated carbocycles. The standard InChI is InChI=1S/C19H40N4O4S/c1-9-19(10-2,23-17(24)27-18(5,6)7)14-21-16(20-11-3)22-15(4)12-13-28(8,25)26/h15H,9-14H2,1-8H3,(H,23,24)(H2,20,21,22). The lowest BCUT2D eigenvalue weighted by molar-refractivity contribution is 0.0452. The van der Waals surface area contributed by atoms with Crippen LogP contribution in [0.2, 0.25) is 0 Å². The molecule has 0 aromatic heterocycles. The van der Waals surface area contributed by atoms with Gasteiger partial charge in [-0.2, -0.15) is 0 Å². The number of nitrogens with zero attached hydrogens (tertiary/aromatic N) is 1. The van der Waals surface area contributed by atoms with E-state index in [0.29, 0.717) is 38.3 Å². The molecule has 166 valence electrons. The predicted molar refractivity (Wildman–Crippen MR) is 116 cm³/mol. The molecule has 0 aliphatic heterocycles. The fraction of sp³-hybridized carbons (Fsp3) is 0.895. The van der Waals surface area contributed by atoms with Crippen molar-refractivity contribution in [2.24, 2.45) is 4.99 Å². The topological polar surface area (TPSA) is 109 Å². The first-order chi connectivity index (χ1) is 12.8. The molecular weight excluding hydrogens is 380 g/mol. The normalized spacial score (nSPS) is 14.4. The van der Waals surface area contributed by atoms with Crippen molar-refractivity contribution in [2.75, 3.05) is 25.1 Å². The van der Waals surface area contributed by atoms with E-state index in [0.717, 1.165) is 0 Å². The summed E-state index contributed by atoms with van der Waals surface area (Å²) in [5.41, 5.74) is -1.08. The number of alkyl carbamates (subject to hydrolysis) is 1. The van der Waals surface area contributed by atoms with Crippen LogP contribution < -0.4 is 16.0 Å². The van der Waals surface area contributed by atoms with Crippen LogP contribution >= 0.6 is 0 Å². The van der Waals surface area contributed by atoms with Gasteiger partial charge in [-0.15, -0.1) is 0 Å². The summed E-state index contributed by atoms with van der Waals surface area (Å²) in [6.07, 6.45) is 2.68. The van der Waals surface area contributed by atoms with Gasteiger partial charge >= 0.3 is 6.09 Å². The van der Waals surface area contributed by atoms with Gasteiger partial charge in [-0.25, -0.2) is 13.2 Å². The number of amides is 1. The number of hydrogen-bond donors (Lipinski definition) is 3. The summed E-state index contributed by atoms with van der Waals surface area (Å²) < 4.78 is 28.1. The SMILES string of the molecule is CCNC(=NCC(CC)(CC)NC(=O)OC(C)(C)C)NC(C)CCS(C)(=O)=O. The highest BCUT2D eigenvalue weighted by atomic mass is 32.2. The van der Waals surface area contributed by atoms with Crippen LogP contribution in [0.5, 0.6) is 0 Å². The number of sulfone groups is 1. The van der Waals surface area contributed by atoms with Crippen molar-refractivity contribution in [3.63, 3.8) is 0 Å². The second-order valence-electron chi connectivity index (χ2n) is 8.27. The van der Waals surface area contributed by atoms with E-state index < -0.39 is 27.1 Å². The van der Waals surface area contributed by atoms with E-state index in [1.165, 1.54) is 6.26 Å². The van der Waals surface area contributed by atoms with E-state index in [-0.39, 0.29) is 11.8 Å². The fourth-order valence-electron chi connectivity index (χ4n) is 2.46. The molecular formula is C19H40N4O4S. The first-order valence-corrected chi connectivity index (χ1v) is 12.1. The number of rotatable bonds is 10. The minimum atomic E-state index is -3.00. The summed E-state index contributed by atoms with van der Waals surface area (Å²) in [5.74, 6) is 0.718. The zero-order valence-electron chi connectivity index (χ0n) is 18.8. The lowest BCUT2D eigenvalue weighted by Crippen LogP contribution is -2.52. The highest BCUT2D eigenvalue weighted by molar-refractivity contribution is 7.90. The molecule has 3 N–H and O–H groups in total. The van der Waals surface area contributed by atoms with Crippen molar-refractivity contribution in [3.05, 3.63) is 0 Å². The number of nitrogens with one attached hydrogen (secondary N) is 3. The van der Waals surface area contributed by atoms with Crippen molar-refractivity contribution in [1.82, 2.24) is 16.0 Å². The third-order valence-electron chi connectivity index (χ3n) is 4.31. The summed E-state index contributed by atoms with van der Waals surface area (Å²) in [6, 6.07) is -0.0519. The van der Waals surface area contributed by atoms with E-state index >= 15 is 0 Å². The van der Waals surface area contributed by atoms with E-state index in [1.54, 1.807) is 0 Å². The molecule has 0 aromatic rings. The molecule has 0 fully saturated rings. The molecule has 0 radical (unpaired) electrons. The summed E-state index contributed by atoms with van der Waals surface area (Å²) in [5, 5.41) is 9.38. The van der Waals surface area contributed by atoms with Crippen LogP contribution in [-0.2, 0) is 14.6 Å². The van der Waals surface area contributed by atoms with Crippen molar-refractivity contribution in [2.45, 2.75) is 84.9 Å². The number of aliphatic imine (C=N–C) groups is 1. The maximum Gasteiger partial charge on any atom is 0.408 e. The second-order valence-corrected chi connectivity index (χ2v) is 10.5. The third kappa shape index (κ3) is 12.0. The molecule has 0 saturated heterocycles. The minimum Gasteiger partial charge on any atom is -0.444 e. The quantitative estimate of drug-likeness (QED) is 0.370. The second kappa shape index (κ2) is 11.5. The van der Waals surface area contributed by atoms with Crippen molar-refractivity contribution >= 4 is 21.9 Å². The van der Waals surface area contributed by atoms with Gasteiger partial charge in [-0.1, -0.05) is 13.8 Å². The third-order valence-corrected chi connectivity index (χ3v) is 5.29. The zero-order chi connectivity index (χ0) is 22.0. The van der Waals surface area contributed by atoms with Crippen LogP contribution in [0.15, 0.2) is 4.99 Å². The Kier molecular flexibility index (Phi) is 10.9. The predicted octanol–water partition coefficient (Wildman–Crippen LogP) is 2.45. The minimum absolute atomic E-state index is 0.0519. The number of carbonyl (C=O) groups excluding carboxylic acids is 1. The molecule has 0 aliphatic rings. The summed E-state index contributed by atoms with van der Waals surface area (Å²) in [6.45, 7) is 14.4. The van der Waals surface area contributed by atoms with E-state index in [2.05, 4.69) is 20.9 Å². The zero-order valence-corrected chi connectivity index (χ0v) is 19.6. The molecule has 0 heterocycles. The molecule has 1 amide bonds. The molecule has 0 aromatic carbocycles. The Morgan fingerprint density at radius 2 is 1.71 bits per heavy atom. The smallest absolute Gasteiger partial charge is 0.408 e. The molecule has 0 spiro atoms. The van der Waals surface area contributed by atoms with Crippen LogP contribution in [0.25, 0.3) is 0 Å². The molecule has 1 atom stereocenters. The van der Waals surface area contributed by atoms with Gasteiger partial charge in [0.25, 0.3) is 0 Å². The van der Waals surface area contributed by atoms with Gasteiger partial charge in [-0.05, 0) is 53.9 Å². The van der Waals surface area contributed by atoms with Gasteiger partial charge < -0.3 is 20.7 Å². The number of hydrogen-bond acceptors (Lipinski definition) is 5. The molecule has 0 rings (SSSR count). The maximum atomic E-state index is 12.2. The number of guanidine groups is 1. The highest BCUT2D eigenvalue weighted by Gasteiger charge is 2.30. The summed E-state index contributed by atoms with van der Waals surface area (Å²) >= 11 is 0. The van der Waals surface area contributed by atoms with Gasteiger partial charge in [0.15, 0.2) is 5.96 Å². The Bertz CT molecular complexity index is 608. The molecule has 0 aliphatic carbocycles. The summed E-state index contributed by atoms with van der Waals surface area (Å²) in [4.78, 5) is 16.9. The van der Waals surface area contributed by atoms with E-state index in [1.807, 2.05) is 48.5 Å². The van der Waals surface area contributed by atoms with E-state index in [4.69, 9.17) is 4.74 Å². The van der Waals surface area contributed by atoms with Gasteiger partial charge in [0.05, 0.1) is 17.8 Å². The molecule has 28 heavy (non-hydrogen) atoms. The van der Waals surface area contributed by atoms with Gasteiger partial charge in [-0.3, -0.25) is 4.99 Å². The van der Waals surface area contributed by atoms with Crippen molar-refractivity contribution in [3.8, 4) is 0 Å². The molecule has 0 bridgehead atoms. The lowest BCUT2D eigenvalue weighted by atomic mass is 9.93. The monoisotopic (exact) mass is 420 g/mol.